The summed E-state index contributed by atoms with van der Waals surface area (Å²) < 4.78 is 0.844. The van der Waals surface area contributed by atoms with Gasteiger partial charge in [0.05, 0.1) is 15.5 Å². The fourth-order valence-corrected chi connectivity index (χ4v) is 2.28. The third-order valence-electron chi connectivity index (χ3n) is 1.89. The van der Waals surface area contributed by atoms with E-state index in [9.17, 15) is 4.79 Å². The van der Waals surface area contributed by atoms with Gasteiger partial charge in [0, 0.05) is 6.20 Å². The number of hydrogen-bond acceptors (Lipinski definition) is 6. The van der Waals surface area contributed by atoms with Crippen LogP contribution in [0.4, 0.5) is 10.9 Å². The minimum Gasteiger partial charge on any atom is -0.308 e. The summed E-state index contributed by atoms with van der Waals surface area (Å²) >= 11 is 4.59. The van der Waals surface area contributed by atoms with Gasteiger partial charge in [-0.25, -0.2) is 15.8 Å². The summed E-state index contributed by atoms with van der Waals surface area (Å²) in [7, 11) is 0. The molecule has 2 rings (SSSR count). The lowest BCUT2D eigenvalue weighted by Gasteiger charge is -2.06. The van der Waals surface area contributed by atoms with E-state index in [1.165, 1.54) is 11.3 Å². The van der Waals surface area contributed by atoms with Crippen molar-refractivity contribution in [2.24, 2.45) is 5.84 Å². The van der Waals surface area contributed by atoms with E-state index in [0.29, 0.717) is 16.5 Å². The van der Waals surface area contributed by atoms with Crippen molar-refractivity contribution >= 4 is 44.1 Å². The molecule has 0 aliphatic rings. The summed E-state index contributed by atoms with van der Waals surface area (Å²) in [5, 5.41) is 3.16. The Bertz CT molecular complexity index is 544. The zero-order valence-electron chi connectivity index (χ0n) is 8.48. The minimum absolute atomic E-state index is 0.312. The highest BCUT2D eigenvalue weighted by Gasteiger charge is 2.13. The molecule has 2 heterocycles. The normalized spacial score (nSPS) is 10.0. The summed E-state index contributed by atoms with van der Waals surface area (Å²) in [5.41, 5.74) is 2.73. The smallest absolute Gasteiger partial charge is 0.261 e. The lowest BCUT2D eigenvalue weighted by Crippen LogP contribution is -2.18. The Kier molecular flexibility index (Phi) is 3.67. The van der Waals surface area contributed by atoms with Crippen molar-refractivity contribution in [2.75, 3.05) is 10.7 Å². The number of hydrazine groups is 1. The number of hydrogen-bond donors (Lipinski definition) is 3. The van der Waals surface area contributed by atoms with Gasteiger partial charge in [-0.2, -0.15) is 0 Å². The van der Waals surface area contributed by atoms with Crippen molar-refractivity contribution in [2.45, 2.75) is 0 Å². The molecule has 17 heavy (non-hydrogen) atoms. The Hall–Kier alpha value is -1.51. The molecule has 0 unspecified atom stereocenters. The minimum atomic E-state index is -0.312. The molecule has 6 nitrogen and oxygen atoms in total. The first kappa shape index (κ1) is 12.0. The molecule has 0 bridgehead atoms. The number of amides is 1. The second-order valence-corrected chi connectivity index (χ2v) is 5.38. The van der Waals surface area contributed by atoms with Crippen LogP contribution in [0.2, 0.25) is 0 Å². The van der Waals surface area contributed by atoms with E-state index in [1.807, 2.05) is 0 Å². The lowest BCUT2D eigenvalue weighted by atomic mass is 10.2. The average molecular weight is 314 g/mol. The Morgan fingerprint density at radius 1 is 1.47 bits per heavy atom. The molecule has 0 atom stereocenters. The van der Waals surface area contributed by atoms with Crippen LogP contribution in [0, 0.1) is 0 Å². The summed E-state index contributed by atoms with van der Waals surface area (Å²) in [6.07, 6.45) is 3.16. The fourth-order valence-electron chi connectivity index (χ4n) is 1.18. The van der Waals surface area contributed by atoms with Crippen molar-refractivity contribution in [3.05, 3.63) is 33.9 Å². The molecule has 8 heteroatoms. The molecule has 2 aromatic heterocycles. The summed E-state index contributed by atoms with van der Waals surface area (Å²) in [5.74, 6) is 5.28. The fraction of sp³-hybridized carbons (Fsp3) is 0. The van der Waals surface area contributed by atoms with Gasteiger partial charge in [0.25, 0.3) is 5.91 Å². The van der Waals surface area contributed by atoms with Gasteiger partial charge in [0.15, 0.2) is 10.9 Å². The van der Waals surface area contributed by atoms with E-state index < -0.39 is 0 Å². The van der Waals surface area contributed by atoms with Gasteiger partial charge >= 0.3 is 0 Å². The first-order valence-electron chi connectivity index (χ1n) is 4.55. The van der Waals surface area contributed by atoms with Gasteiger partial charge in [0.2, 0.25) is 0 Å². The molecule has 0 spiro atoms. The number of aromatic nitrogens is 2. The van der Waals surface area contributed by atoms with Crippen LogP contribution < -0.4 is 16.6 Å². The van der Waals surface area contributed by atoms with E-state index in [1.54, 1.807) is 24.5 Å². The SMILES string of the molecule is NNc1ncccc1C(=O)Nc1ncc(Br)s1. The number of carbonyl (C=O) groups excluding carboxylic acids is 1. The molecule has 0 aliphatic heterocycles. The highest BCUT2D eigenvalue weighted by atomic mass is 79.9. The molecule has 0 fully saturated rings. The molecule has 88 valence electrons. The van der Waals surface area contributed by atoms with E-state index in [-0.39, 0.29) is 5.91 Å². The number of nitrogens with two attached hydrogens (primary N) is 1. The van der Waals surface area contributed by atoms with Crippen LogP contribution in [0.5, 0.6) is 0 Å². The van der Waals surface area contributed by atoms with Crippen LogP contribution in [0.3, 0.4) is 0 Å². The number of halogens is 1. The topological polar surface area (TPSA) is 92.9 Å². The highest BCUT2D eigenvalue weighted by Crippen LogP contribution is 2.24. The number of nitrogens with one attached hydrogen (secondary N) is 2. The summed E-state index contributed by atoms with van der Waals surface area (Å²) in [4.78, 5) is 19.9. The monoisotopic (exact) mass is 313 g/mol. The first-order chi connectivity index (χ1) is 8.20. The van der Waals surface area contributed by atoms with Gasteiger partial charge in [-0.3, -0.25) is 10.1 Å². The number of nitrogen functional groups attached to an aromatic ring is 1. The lowest BCUT2D eigenvalue weighted by molar-refractivity contribution is 0.102. The second-order valence-electron chi connectivity index (χ2n) is 2.97. The van der Waals surface area contributed by atoms with Gasteiger partial charge in [-0.1, -0.05) is 11.3 Å². The van der Waals surface area contributed by atoms with Gasteiger partial charge in [-0.05, 0) is 28.1 Å². The molecule has 1 amide bonds. The number of rotatable bonds is 3. The molecule has 0 radical (unpaired) electrons. The number of nitrogens with zero attached hydrogens (tertiary/aromatic N) is 2. The van der Waals surface area contributed by atoms with Crippen molar-refractivity contribution < 1.29 is 4.79 Å². The van der Waals surface area contributed by atoms with Crippen LogP contribution in [0.1, 0.15) is 10.4 Å². The molecular weight excluding hydrogens is 306 g/mol. The highest BCUT2D eigenvalue weighted by molar-refractivity contribution is 9.11. The molecule has 0 aliphatic carbocycles. The van der Waals surface area contributed by atoms with E-state index in [0.717, 1.165) is 3.79 Å². The van der Waals surface area contributed by atoms with Crippen molar-refractivity contribution in [1.29, 1.82) is 0 Å². The van der Waals surface area contributed by atoms with E-state index in [2.05, 4.69) is 36.6 Å². The molecule has 0 saturated heterocycles. The third kappa shape index (κ3) is 2.78. The second kappa shape index (κ2) is 5.21. The molecule has 0 aromatic carbocycles. The summed E-state index contributed by atoms with van der Waals surface area (Å²) in [6, 6.07) is 3.29. The number of thiazole rings is 1. The third-order valence-corrected chi connectivity index (χ3v) is 3.28. The zero-order valence-corrected chi connectivity index (χ0v) is 10.9. The number of carbonyl (C=O) groups is 1. The van der Waals surface area contributed by atoms with Crippen LogP contribution in [-0.4, -0.2) is 15.9 Å². The van der Waals surface area contributed by atoms with Crippen LogP contribution in [0.15, 0.2) is 28.3 Å². The number of anilines is 2. The molecule has 0 saturated carbocycles. The Morgan fingerprint density at radius 2 is 2.29 bits per heavy atom. The summed E-state index contributed by atoms with van der Waals surface area (Å²) in [6.45, 7) is 0. The van der Waals surface area contributed by atoms with Crippen LogP contribution in [0.25, 0.3) is 0 Å². The van der Waals surface area contributed by atoms with Crippen LogP contribution in [-0.2, 0) is 0 Å². The van der Waals surface area contributed by atoms with Crippen molar-refractivity contribution in [3.63, 3.8) is 0 Å². The predicted octanol–water partition coefficient (Wildman–Crippen LogP) is 1.84. The maximum absolute atomic E-state index is 11.9. The maximum atomic E-state index is 11.9. The maximum Gasteiger partial charge on any atom is 0.261 e. The quantitative estimate of drug-likeness (QED) is 0.594. The largest absolute Gasteiger partial charge is 0.308 e. The average Bonchev–Trinajstić information content (AvgIpc) is 2.74. The first-order valence-corrected chi connectivity index (χ1v) is 6.16. The van der Waals surface area contributed by atoms with Gasteiger partial charge < -0.3 is 5.43 Å². The predicted molar refractivity (Wildman–Crippen MR) is 69.8 cm³/mol. The van der Waals surface area contributed by atoms with Crippen LogP contribution >= 0.6 is 27.3 Å². The number of pyridine rings is 1. The van der Waals surface area contributed by atoms with Gasteiger partial charge in [0.1, 0.15) is 0 Å². The Balaban J connectivity index is 2.20. The van der Waals surface area contributed by atoms with Crippen molar-refractivity contribution in [3.8, 4) is 0 Å². The van der Waals surface area contributed by atoms with E-state index in [4.69, 9.17) is 5.84 Å². The van der Waals surface area contributed by atoms with Gasteiger partial charge in [-0.15, -0.1) is 0 Å². The van der Waals surface area contributed by atoms with E-state index >= 15 is 0 Å². The molecule has 2 aromatic rings. The zero-order chi connectivity index (χ0) is 12.3. The standard InChI is InChI=1S/C9H8BrN5OS/c10-6-4-13-9(17-6)14-8(16)5-2-1-3-12-7(5)15-11/h1-4H,11H2,(H,12,15)(H,13,14,16). The Labute approximate surface area is 109 Å². The molecule has 4 N–H and O–H groups in total. The Morgan fingerprint density at radius 3 is 2.94 bits per heavy atom. The molecular formula is C9H8BrN5OS. The van der Waals surface area contributed by atoms with Crippen molar-refractivity contribution in [1.82, 2.24) is 9.97 Å².